The third-order valence-corrected chi connectivity index (χ3v) is 5.26. The van der Waals surface area contributed by atoms with Gasteiger partial charge in [-0.15, -0.1) is 0 Å². The third kappa shape index (κ3) is 4.82. The first-order chi connectivity index (χ1) is 12.9. The molecule has 0 unspecified atom stereocenters. The number of nitrogens with one attached hydrogen (secondary N) is 1. The van der Waals surface area contributed by atoms with Crippen LogP contribution >= 0.6 is 0 Å². The van der Waals surface area contributed by atoms with E-state index in [1.54, 1.807) is 0 Å². The van der Waals surface area contributed by atoms with Crippen molar-refractivity contribution in [2.24, 2.45) is 0 Å². The molecular weight excluding hydrogens is 334 g/mol. The van der Waals surface area contributed by atoms with Gasteiger partial charge in [0.05, 0.1) is 6.54 Å². The van der Waals surface area contributed by atoms with Gasteiger partial charge in [-0.25, -0.2) is 0 Å². The van der Waals surface area contributed by atoms with Crippen LogP contribution in [0.15, 0.2) is 42.5 Å². The molecule has 1 fully saturated rings. The quantitative estimate of drug-likeness (QED) is 0.802. The average molecular weight is 366 g/mol. The van der Waals surface area contributed by atoms with Gasteiger partial charge in [-0.3, -0.25) is 4.79 Å². The van der Waals surface area contributed by atoms with Crippen molar-refractivity contribution in [1.82, 2.24) is 0 Å². The van der Waals surface area contributed by atoms with E-state index in [-0.39, 0.29) is 11.9 Å². The molecule has 1 saturated heterocycles. The number of hydrogen-bond acceptors (Lipinski definition) is 3. The Morgan fingerprint density at radius 3 is 2.33 bits per heavy atom. The molecule has 0 aromatic heterocycles. The summed E-state index contributed by atoms with van der Waals surface area (Å²) in [7, 11) is 0. The Kier molecular flexibility index (Phi) is 6.04. The molecule has 0 bridgehead atoms. The number of anilines is 3. The molecular formula is C23H31N3O. The van der Waals surface area contributed by atoms with Crippen molar-refractivity contribution >= 4 is 23.0 Å². The Bertz CT molecular complexity index is 777. The molecule has 27 heavy (non-hydrogen) atoms. The first-order valence-corrected chi connectivity index (χ1v) is 9.93. The average Bonchev–Trinajstić information content (AvgIpc) is 3.17. The number of rotatable bonds is 6. The van der Waals surface area contributed by atoms with Gasteiger partial charge in [-0.05, 0) is 76.4 Å². The van der Waals surface area contributed by atoms with Crippen molar-refractivity contribution in [1.29, 1.82) is 0 Å². The zero-order valence-corrected chi connectivity index (χ0v) is 17.0. The molecule has 0 spiro atoms. The predicted molar refractivity (Wildman–Crippen MR) is 115 cm³/mol. The number of aryl methyl sites for hydroxylation is 2. The zero-order chi connectivity index (χ0) is 19.4. The van der Waals surface area contributed by atoms with Crippen molar-refractivity contribution in [2.45, 2.75) is 46.6 Å². The van der Waals surface area contributed by atoms with Crippen LogP contribution in [0.25, 0.3) is 0 Å². The molecule has 0 radical (unpaired) electrons. The molecule has 1 heterocycles. The Balaban J connectivity index is 1.67. The van der Waals surface area contributed by atoms with E-state index in [4.69, 9.17) is 0 Å². The number of amides is 1. The van der Waals surface area contributed by atoms with Gasteiger partial charge < -0.3 is 15.1 Å². The third-order valence-electron chi connectivity index (χ3n) is 5.26. The van der Waals surface area contributed by atoms with Crippen molar-refractivity contribution < 1.29 is 4.79 Å². The predicted octanol–water partition coefficient (Wildman–Crippen LogP) is 4.76. The highest BCUT2D eigenvalue weighted by Crippen LogP contribution is 2.26. The number of hydrogen-bond donors (Lipinski definition) is 1. The van der Waals surface area contributed by atoms with E-state index in [0.717, 1.165) is 30.0 Å². The summed E-state index contributed by atoms with van der Waals surface area (Å²) < 4.78 is 0. The Hall–Kier alpha value is -2.49. The fourth-order valence-corrected chi connectivity index (χ4v) is 3.61. The van der Waals surface area contributed by atoms with Crippen molar-refractivity contribution in [3.8, 4) is 0 Å². The summed E-state index contributed by atoms with van der Waals surface area (Å²) >= 11 is 0. The smallest absolute Gasteiger partial charge is 0.243 e. The highest BCUT2D eigenvalue weighted by Gasteiger charge is 2.17. The number of carbonyl (C=O) groups is 1. The summed E-state index contributed by atoms with van der Waals surface area (Å²) in [6.45, 7) is 11.0. The molecule has 4 nitrogen and oxygen atoms in total. The van der Waals surface area contributed by atoms with Gasteiger partial charge in [0.25, 0.3) is 0 Å². The van der Waals surface area contributed by atoms with E-state index in [1.807, 2.05) is 6.07 Å². The normalized spacial score (nSPS) is 13.9. The molecule has 0 aliphatic carbocycles. The van der Waals surface area contributed by atoms with E-state index in [0.29, 0.717) is 6.54 Å². The summed E-state index contributed by atoms with van der Waals surface area (Å²) in [5.41, 5.74) is 5.56. The molecule has 1 aliphatic heterocycles. The second-order valence-corrected chi connectivity index (χ2v) is 7.80. The Morgan fingerprint density at radius 1 is 1.07 bits per heavy atom. The van der Waals surface area contributed by atoms with E-state index >= 15 is 0 Å². The highest BCUT2D eigenvalue weighted by molar-refractivity contribution is 5.95. The zero-order valence-electron chi connectivity index (χ0n) is 17.0. The second kappa shape index (κ2) is 8.47. The topological polar surface area (TPSA) is 35.6 Å². The first kappa shape index (κ1) is 19.3. The maximum Gasteiger partial charge on any atom is 0.243 e. The molecule has 3 rings (SSSR count). The Labute approximate surface area is 163 Å². The van der Waals surface area contributed by atoms with Crippen LogP contribution < -0.4 is 15.1 Å². The molecule has 144 valence electrons. The van der Waals surface area contributed by atoms with Crippen molar-refractivity contribution in [2.75, 3.05) is 34.8 Å². The highest BCUT2D eigenvalue weighted by atomic mass is 16.2. The lowest BCUT2D eigenvalue weighted by atomic mass is 10.1. The van der Waals surface area contributed by atoms with Gasteiger partial charge in [0, 0.05) is 36.2 Å². The largest absolute Gasteiger partial charge is 0.372 e. The summed E-state index contributed by atoms with van der Waals surface area (Å²) in [4.78, 5) is 17.2. The van der Waals surface area contributed by atoms with Crippen molar-refractivity contribution in [3.63, 3.8) is 0 Å². The molecule has 4 heteroatoms. The fourth-order valence-electron chi connectivity index (χ4n) is 3.61. The monoisotopic (exact) mass is 365 g/mol. The van der Waals surface area contributed by atoms with Crippen LogP contribution in [0.1, 0.15) is 37.8 Å². The number of nitrogens with zero attached hydrogens (tertiary/aromatic N) is 2. The van der Waals surface area contributed by atoms with Crippen LogP contribution in [-0.4, -0.2) is 31.6 Å². The summed E-state index contributed by atoms with van der Waals surface area (Å²) in [6, 6.07) is 14.9. The van der Waals surface area contributed by atoms with Gasteiger partial charge in [0.15, 0.2) is 0 Å². The lowest BCUT2D eigenvalue weighted by Gasteiger charge is -2.28. The Morgan fingerprint density at radius 2 is 1.74 bits per heavy atom. The molecule has 2 aromatic carbocycles. The molecule has 2 aromatic rings. The molecule has 1 amide bonds. The minimum Gasteiger partial charge on any atom is -0.372 e. The van der Waals surface area contributed by atoms with E-state index in [9.17, 15) is 4.79 Å². The first-order valence-electron chi connectivity index (χ1n) is 9.93. The number of carbonyl (C=O) groups excluding carboxylic acids is 1. The molecule has 1 aliphatic rings. The van der Waals surface area contributed by atoms with Crippen molar-refractivity contribution in [3.05, 3.63) is 53.6 Å². The van der Waals surface area contributed by atoms with Crippen LogP contribution in [0.2, 0.25) is 0 Å². The van der Waals surface area contributed by atoms with Gasteiger partial charge in [0.1, 0.15) is 0 Å². The van der Waals surface area contributed by atoms with E-state index in [2.05, 4.69) is 79.2 Å². The minimum atomic E-state index is 0.0151. The van der Waals surface area contributed by atoms with E-state index in [1.165, 1.54) is 24.1 Å². The van der Waals surface area contributed by atoms with E-state index < -0.39 is 0 Å². The van der Waals surface area contributed by atoms with Gasteiger partial charge in [-0.2, -0.15) is 0 Å². The fraction of sp³-hybridized carbons (Fsp3) is 0.435. The SMILES string of the molecule is Cc1ccc(N(CC(=O)Nc2ccc(N3CCCC3)cc2C)C(C)C)cc1. The van der Waals surface area contributed by atoms with Crippen LogP contribution in [0, 0.1) is 13.8 Å². The number of benzene rings is 2. The standard InChI is InChI=1S/C23H31N3O/c1-17(2)26(20-9-7-18(3)8-10-20)16-23(27)24-22-12-11-21(15-19(22)4)25-13-5-6-14-25/h7-12,15,17H,5-6,13-14,16H2,1-4H3,(H,24,27). The van der Waals surface area contributed by atoms with Crippen LogP contribution in [-0.2, 0) is 4.79 Å². The van der Waals surface area contributed by atoms with Gasteiger partial charge in [-0.1, -0.05) is 17.7 Å². The lowest BCUT2D eigenvalue weighted by molar-refractivity contribution is -0.115. The molecule has 0 saturated carbocycles. The maximum atomic E-state index is 12.7. The van der Waals surface area contributed by atoms with Crippen LogP contribution in [0.3, 0.4) is 0 Å². The molecule has 1 N–H and O–H groups in total. The van der Waals surface area contributed by atoms with Gasteiger partial charge >= 0.3 is 0 Å². The summed E-state index contributed by atoms with van der Waals surface area (Å²) in [5.74, 6) is 0.0151. The van der Waals surface area contributed by atoms with Gasteiger partial charge in [0.2, 0.25) is 5.91 Å². The molecule has 0 atom stereocenters. The minimum absolute atomic E-state index is 0.0151. The van der Waals surface area contributed by atoms with Crippen LogP contribution in [0.4, 0.5) is 17.1 Å². The maximum absolute atomic E-state index is 12.7. The summed E-state index contributed by atoms with van der Waals surface area (Å²) in [6.07, 6.45) is 2.53. The lowest BCUT2D eigenvalue weighted by Crippen LogP contribution is -2.38. The summed E-state index contributed by atoms with van der Waals surface area (Å²) in [5, 5.41) is 3.10. The van der Waals surface area contributed by atoms with Crippen LogP contribution in [0.5, 0.6) is 0 Å². The second-order valence-electron chi connectivity index (χ2n) is 7.80.